The molecular formula is C16H15NO3S. The summed E-state index contributed by atoms with van der Waals surface area (Å²) in [6.07, 6.45) is 0. The number of aromatic nitrogens is 1. The Morgan fingerprint density at radius 1 is 1.19 bits per heavy atom. The van der Waals surface area contributed by atoms with Gasteiger partial charge in [0.15, 0.2) is 5.58 Å². The van der Waals surface area contributed by atoms with Crippen molar-refractivity contribution in [1.29, 1.82) is 0 Å². The van der Waals surface area contributed by atoms with Crippen molar-refractivity contribution in [2.75, 3.05) is 12.9 Å². The first-order valence-electron chi connectivity index (χ1n) is 6.63. The summed E-state index contributed by atoms with van der Waals surface area (Å²) in [7, 11) is 1.65. The number of aryl methyl sites for hydroxylation is 1. The van der Waals surface area contributed by atoms with Crippen molar-refractivity contribution in [3.8, 4) is 5.75 Å². The smallest absolute Gasteiger partial charge is 0.419 e. The number of fused-ring (bicyclic) bond motifs is 1. The number of benzene rings is 2. The van der Waals surface area contributed by atoms with E-state index in [4.69, 9.17) is 9.15 Å². The van der Waals surface area contributed by atoms with Crippen LogP contribution in [0.1, 0.15) is 0 Å². The van der Waals surface area contributed by atoms with Gasteiger partial charge >= 0.3 is 5.76 Å². The Labute approximate surface area is 126 Å². The molecule has 0 unspecified atom stereocenters. The number of thioether (sulfide) groups is 1. The number of oxazole rings is 1. The van der Waals surface area contributed by atoms with E-state index in [1.54, 1.807) is 23.4 Å². The molecule has 0 spiro atoms. The number of methoxy groups -OCH3 is 1. The highest BCUT2D eigenvalue weighted by molar-refractivity contribution is 7.99. The molecule has 0 saturated heterocycles. The van der Waals surface area contributed by atoms with Crippen molar-refractivity contribution in [2.24, 2.45) is 0 Å². The molecule has 1 aromatic heterocycles. The van der Waals surface area contributed by atoms with Crippen LogP contribution in [0.5, 0.6) is 5.75 Å². The quantitative estimate of drug-likeness (QED) is 0.678. The predicted molar refractivity (Wildman–Crippen MR) is 84.2 cm³/mol. The van der Waals surface area contributed by atoms with Gasteiger partial charge in [-0.2, -0.15) is 0 Å². The minimum absolute atomic E-state index is 0.303. The van der Waals surface area contributed by atoms with Crippen molar-refractivity contribution in [2.45, 2.75) is 11.4 Å². The molecule has 0 radical (unpaired) electrons. The van der Waals surface area contributed by atoms with Crippen LogP contribution in [0, 0.1) is 0 Å². The summed E-state index contributed by atoms with van der Waals surface area (Å²) in [6.45, 7) is 0.609. The molecule has 4 nitrogen and oxygen atoms in total. The van der Waals surface area contributed by atoms with Gasteiger partial charge in [0, 0.05) is 17.2 Å². The summed E-state index contributed by atoms with van der Waals surface area (Å²) in [5.41, 5.74) is 1.47. The normalized spacial score (nSPS) is 10.9. The first-order chi connectivity index (χ1) is 10.3. The second kappa shape index (κ2) is 6.10. The lowest BCUT2D eigenvalue weighted by Gasteiger charge is -2.05. The Kier molecular flexibility index (Phi) is 4.01. The molecule has 0 bridgehead atoms. The van der Waals surface area contributed by atoms with Gasteiger partial charge < -0.3 is 9.15 Å². The fraction of sp³-hybridized carbons (Fsp3) is 0.188. The van der Waals surface area contributed by atoms with Crippen molar-refractivity contribution in [3.05, 3.63) is 59.1 Å². The minimum atomic E-state index is -0.303. The van der Waals surface area contributed by atoms with Crippen molar-refractivity contribution in [3.63, 3.8) is 0 Å². The first kappa shape index (κ1) is 13.8. The molecule has 0 aliphatic rings. The molecule has 3 rings (SSSR count). The number of ether oxygens (including phenoxy) is 1. The summed E-state index contributed by atoms with van der Waals surface area (Å²) in [6, 6.07) is 15.4. The topological polar surface area (TPSA) is 44.4 Å². The van der Waals surface area contributed by atoms with Gasteiger partial charge in [-0.05, 0) is 30.3 Å². The summed E-state index contributed by atoms with van der Waals surface area (Å²) in [4.78, 5) is 13.0. The van der Waals surface area contributed by atoms with Crippen molar-refractivity contribution in [1.82, 2.24) is 4.57 Å². The van der Waals surface area contributed by atoms with E-state index in [9.17, 15) is 4.79 Å². The van der Waals surface area contributed by atoms with Crippen LogP contribution >= 0.6 is 11.8 Å². The third-order valence-corrected chi connectivity index (χ3v) is 4.17. The van der Waals surface area contributed by atoms with E-state index < -0.39 is 0 Å². The highest BCUT2D eigenvalue weighted by Crippen LogP contribution is 2.23. The highest BCUT2D eigenvalue weighted by Gasteiger charge is 2.08. The second-order valence-electron chi connectivity index (χ2n) is 4.51. The Morgan fingerprint density at radius 2 is 2.05 bits per heavy atom. The molecule has 0 aliphatic heterocycles. The molecule has 21 heavy (non-hydrogen) atoms. The highest BCUT2D eigenvalue weighted by atomic mass is 32.2. The lowest BCUT2D eigenvalue weighted by Crippen LogP contribution is -2.15. The fourth-order valence-corrected chi connectivity index (χ4v) is 3.06. The molecule has 2 aromatic carbocycles. The van der Waals surface area contributed by atoms with E-state index >= 15 is 0 Å². The van der Waals surface area contributed by atoms with E-state index in [0.29, 0.717) is 12.1 Å². The monoisotopic (exact) mass is 301 g/mol. The van der Waals surface area contributed by atoms with Crippen LogP contribution in [0.4, 0.5) is 0 Å². The first-order valence-corrected chi connectivity index (χ1v) is 7.62. The fourth-order valence-electron chi connectivity index (χ4n) is 2.17. The number of hydrogen-bond acceptors (Lipinski definition) is 4. The number of nitrogens with zero attached hydrogens (tertiary/aromatic N) is 1. The van der Waals surface area contributed by atoms with Gasteiger partial charge in [-0.3, -0.25) is 4.57 Å². The Hall–Kier alpha value is -2.14. The van der Waals surface area contributed by atoms with E-state index in [0.717, 1.165) is 21.9 Å². The van der Waals surface area contributed by atoms with Crippen LogP contribution < -0.4 is 10.5 Å². The molecule has 0 fully saturated rings. The standard InChI is InChI=1S/C16H15NO3S/c1-19-12-5-4-6-13(11-12)21-10-9-17-14-7-2-3-8-15(14)20-16(17)18/h2-8,11H,9-10H2,1H3. The molecule has 0 N–H and O–H groups in total. The number of hydrogen-bond donors (Lipinski definition) is 0. The Balaban J connectivity index is 1.72. The summed E-state index contributed by atoms with van der Waals surface area (Å²) < 4.78 is 12.1. The summed E-state index contributed by atoms with van der Waals surface area (Å²) in [5, 5.41) is 0. The van der Waals surface area contributed by atoms with E-state index in [-0.39, 0.29) is 5.76 Å². The van der Waals surface area contributed by atoms with Gasteiger partial charge in [0.05, 0.1) is 12.6 Å². The third-order valence-electron chi connectivity index (χ3n) is 3.20. The van der Waals surface area contributed by atoms with Gasteiger partial charge in [0.25, 0.3) is 0 Å². The average molecular weight is 301 g/mol. The van der Waals surface area contributed by atoms with Gasteiger partial charge in [-0.25, -0.2) is 4.79 Å². The van der Waals surface area contributed by atoms with Gasteiger partial charge in [0.2, 0.25) is 0 Å². The number of rotatable bonds is 5. The Bertz CT molecular complexity index is 806. The number of para-hydroxylation sites is 2. The zero-order valence-corrected chi connectivity index (χ0v) is 12.4. The SMILES string of the molecule is COc1cccc(SCCn2c(=O)oc3ccccc32)c1. The van der Waals surface area contributed by atoms with Crippen LogP contribution in [0.25, 0.3) is 11.1 Å². The maximum Gasteiger partial charge on any atom is 0.419 e. The molecule has 5 heteroatoms. The summed E-state index contributed by atoms with van der Waals surface area (Å²) in [5.74, 6) is 1.32. The van der Waals surface area contributed by atoms with Crippen LogP contribution in [-0.4, -0.2) is 17.4 Å². The molecule has 0 saturated carbocycles. The lowest BCUT2D eigenvalue weighted by atomic mass is 10.3. The van der Waals surface area contributed by atoms with Crippen LogP contribution in [0.3, 0.4) is 0 Å². The zero-order chi connectivity index (χ0) is 14.7. The maximum absolute atomic E-state index is 11.8. The molecule has 0 amide bonds. The van der Waals surface area contributed by atoms with E-state index in [2.05, 4.69) is 0 Å². The molecule has 0 atom stereocenters. The van der Waals surface area contributed by atoms with Crippen molar-refractivity contribution >= 4 is 22.9 Å². The van der Waals surface area contributed by atoms with Crippen LogP contribution in [0.15, 0.2) is 62.6 Å². The molecular weight excluding hydrogens is 286 g/mol. The van der Waals surface area contributed by atoms with E-state index in [1.807, 2.05) is 48.5 Å². The Morgan fingerprint density at radius 3 is 2.90 bits per heavy atom. The minimum Gasteiger partial charge on any atom is -0.497 e. The predicted octanol–water partition coefficient (Wildman–Crippen LogP) is 3.40. The van der Waals surface area contributed by atoms with Gasteiger partial charge in [-0.1, -0.05) is 18.2 Å². The average Bonchev–Trinajstić information content (AvgIpc) is 2.83. The van der Waals surface area contributed by atoms with Crippen LogP contribution in [-0.2, 0) is 6.54 Å². The zero-order valence-electron chi connectivity index (χ0n) is 11.6. The van der Waals surface area contributed by atoms with Gasteiger partial charge in [0.1, 0.15) is 5.75 Å². The molecule has 0 aliphatic carbocycles. The van der Waals surface area contributed by atoms with E-state index in [1.165, 1.54) is 0 Å². The molecule has 3 aromatic rings. The largest absolute Gasteiger partial charge is 0.497 e. The maximum atomic E-state index is 11.8. The van der Waals surface area contributed by atoms with Crippen LogP contribution in [0.2, 0.25) is 0 Å². The second-order valence-corrected chi connectivity index (χ2v) is 5.68. The van der Waals surface area contributed by atoms with Gasteiger partial charge in [-0.15, -0.1) is 11.8 Å². The molecule has 1 heterocycles. The summed E-state index contributed by atoms with van der Waals surface area (Å²) >= 11 is 1.68. The molecule has 108 valence electrons. The lowest BCUT2D eigenvalue weighted by molar-refractivity contribution is 0.413. The third kappa shape index (κ3) is 2.97. The van der Waals surface area contributed by atoms with Crippen molar-refractivity contribution < 1.29 is 9.15 Å².